The molecule has 0 saturated heterocycles. The van der Waals surface area contributed by atoms with E-state index in [1.54, 1.807) is 12.4 Å². The minimum absolute atomic E-state index is 0.0294. The standard InChI is InChI=1S/C31H38N6O5S/c1-3-17(2)27(32)30(40)37-26(16-43)29(39)35-24(12-18-14-33-22-10-6-4-8-20(18)22)28(38)36-25(31(41)42)13-19-15-34-23-11-7-5-9-21(19)23/h4-11,14-15,17,24-27,33-34,43H,3,12-13,16,32H2,1-2H3,(H,35,39)(H,36,38)(H,37,40)(H,41,42). The number of nitrogens with one attached hydrogen (secondary N) is 5. The van der Waals surface area contributed by atoms with E-state index in [1.165, 1.54) is 0 Å². The Balaban J connectivity index is 1.56. The van der Waals surface area contributed by atoms with Crippen LogP contribution in [0.25, 0.3) is 21.8 Å². The molecular formula is C31H38N6O5S. The van der Waals surface area contributed by atoms with Crippen LogP contribution in [0.15, 0.2) is 60.9 Å². The Kier molecular flexibility index (Phi) is 10.5. The van der Waals surface area contributed by atoms with Gasteiger partial charge in [-0.15, -0.1) is 0 Å². The van der Waals surface area contributed by atoms with Gasteiger partial charge in [0.05, 0.1) is 6.04 Å². The van der Waals surface area contributed by atoms with Crippen LogP contribution in [0.2, 0.25) is 0 Å². The molecule has 2 aromatic carbocycles. The van der Waals surface area contributed by atoms with Gasteiger partial charge in [0.15, 0.2) is 0 Å². The summed E-state index contributed by atoms with van der Waals surface area (Å²) in [4.78, 5) is 58.3. The number of thiol groups is 1. The molecule has 4 aromatic rings. The summed E-state index contributed by atoms with van der Waals surface area (Å²) in [6, 6.07) is 10.7. The van der Waals surface area contributed by atoms with Crippen LogP contribution in [0.3, 0.4) is 0 Å². The zero-order chi connectivity index (χ0) is 31.1. The number of nitrogens with two attached hydrogens (primary N) is 1. The van der Waals surface area contributed by atoms with Crippen LogP contribution in [-0.2, 0) is 32.0 Å². The lowest BCUT2D eigenvalue weighted by Crippen LogP contribution is -2.58. The van der Waals surface area contributed by atoms with E-state index < -0.39 is 47.9 Å². The summed E-state index contributed by atoms with van der Waals surface area (Å²) in [5.74, 6) is -3.16. The number of para-hydroxylation sites is 2. The molecule has 5 atom stereocenters. The molecule has 0 fully saturated rings. The fraction of sp³-hybridized carbons (Fsp3) is 0.355. The summed E-state index contributed by atoms with van der Waals surface area (Å²) in [5.41, 5.74) is 9.24. The maximum atomic E-state index is 13.7. The van der Waals surface area contributed by atoms with Crippen LogP contribution in [0.4, 0.5) is 0 Å². The maximum absolute atomic E-state index is 13.7. The third-order valence-electron chi connectivity index (χ3n) is 7.82. The average Bonchev–Trinajstić information content (AvgIpc) is 3.62. The van der Waals surface area contributed by atoms with Crippen LogP contribution in [-0.4, -0.2) is 68.7 Å². The zero-order valence-corrected chi connectivity index (χ0v) is 25.0. The molecule has 0 saturated carbocycles. The van der Waals surface area contributed by atoms with Gasteiger partial charge >= 0.3 is 5.97 Å². The molecule has 2 heterocycles. The molecule has 228 valence electrons. The summed E-state index contributed by atoms with van der Waals surface area (Å²) in [7, 11) is 0. The van der Waals surface area contributed by atoms with Crippen molar-refractivity contribution in [2.24, 2.45) is 11.7 Å². The van der Waals surface area contributed by atoms with Crippen LogP contribution in [0.5, 0.6) is 0 Å². The summed E-state index contributed by atoms with van der Waals surface area (Å²) in [6.07, 6.45) is 4.26. The Bertz CT molecular complexity index is 1600. The van der Waals surface area contributed by atoms with Crippen molar-refractivity contribution in [2.75, 3.05) is 5.75 Å². The number of rotatable bonds is 14. The van der Waals surface area contributed by atoms with Crippen molar-refractivity contribution in [1.29, 1.82) is 0 Å². The first-order valence-corrected chi connectivity index (χ1v) is 14.9. The van der Waals surface area contributed by atoms with Crippen molar-refractivity contribution < 1.29 is 24.3 Å². The lowest BCUT2D eigenvalue weighted by Gasteiger charge is -2.25. The molecule has 0 radical (unpaired) electrons. The average molecular weight is 607 g/mol. The predicted molar refractivity (Wildman–Crippen MR) is 169 cm³/mol. The number of fused-ring (bicyclic) bond motifs is 2. The van der Waals surface area contributed by atoms with Gasteiger partial charge in [-0.05, 0) is 29.2 Å². The number of benzene rings is 2. The first-order valence-electron chi connectivity index (χ1n) is 14.2. The maximum Gasteiger partial charge on any atom is 0.326 e. The Labute approximate surface area is 254 Å². The van der Waals surface area contributed by atoms with Crippen molar-refractivity contribution >= 4 is 58.1 Å². The number of amides is 3. The monoisotopic (exact) mass is 606 g/mol. The van der Waals surface area contributed by atoms with Gasteiger partial charge in [0.25, 0.3) is 0 Å². The molecule has 8 N–H and O–H groups in total. The van der Waals surface area contributed by atoms with Crippen LogP contribution >= 0.6 is 12.6 Å². The molecule has 0 aliphatic carbocycles. The third kappa shape index (κ3) is 7.57. The highest BCUT2D eigenvalue weighted by molar-refractivity contribution is 7.80. The summed E-state index contributed by atoms with van der Waals surface area (Å²) < 4.78 is 0. The minimum Gasteiger partial charge on any atom is -0.480 e. The van der Waals surface area contributed by atoms with Gasteiger partial charge in [0.1, 0.15) is 18.1 Å². The van der Waals surface area contributed by atoms with E-state index in [0.29, 0.717) is 6.42 Å². The number of carbonyl (C=O) groups is 4. The fourth-order valence-electron chi connectivity index (χ4n) is 4.97. The number of aromatic amines is 2. The highest BCUT2D eigenvalue weighted by Gasteiger charge is 2.31. The van der Waals surface area contributed by atoms with Gasteiger partial charge in [-0.2, -0.15) is 12.6 Å². The number of carboxylic acid groups (broad SMARTS) is 1. The van der Waals surface area contributed by atoms with E-state index in [4.69, 9.17) is 5.73 Å². The SMILES string of the molecule is CCC(C)C(N)C(=O)NC(CS)C(=O)NC(Cc1c[nH]c2ccccc12)C(=O)NC(Cc1c[nH]c2ccccc12)C(=O)O. The molecule has 4 rings (SSSR count). The molecule has 12 heteroatoms. The second-order valence-electron chi connectivity index (χ2n) is 10.7. The highest BCUT2D eigenvalue weighted by Crippen LogP contribution is 2.21. The summed E-state index contributed by atoms with van der Waals surface area (Å²) >= 11 is 4.24. The van der Waals surface area contributed by atoms with Gasteiger partial charge in [0.2, 0.25) is 17.7 Å². The van der Waals surface area contributed by atoms with Gasteiger partial charge in [-0.3, -0.25) is 14.4 Å². The predicted octanol–water partition coefficient (Wildman–Crippen LogP) is 2.28. The van der Waals surface area contributed by atoms with E-state index in [9.17, 15) is 24.3 Å². The van der Waals surface area contributed by atoms with Crippen molar-refractivity contribution in [3.05, 3.63) is 72.1 Å². The molecule has 43 heavy (non-hydrogen) atoms. The first kappa shape index (κ1) is 31.6. The van der Waals surface area contributed by atoms with Crippen molar-refractivity contribution in [2.45, 2.75) is 57.3 Å². The number of carboxylic acids is 1. The molecule has 11 nitrogen and oxygen atoms in total. The van der Waals surface area contributed by atoms with Gasteiger partial charge in [-0.25, -0.2) is 4.79 Å². The van der Waals surface area contributed by atoms with Crippen LogP contribution < -0.4 is 21.7 Å². The summed E-state index contributed by atoms with van der Waals surface area (Å²) in [5, 5.41) is 19.7. The lowest BCUT2D eigenvalue weighted by molar-refractivity contribution is -0.142. The number of aromatic nitrogens is 2. The van der Waals surface area contributed by atoms with Gasteiger partial charge < -0.3 is 36.8 Å². The number of hydrogen-bond acceptors (Lipinski definition) is 6. The van der Waals surface area contributed by atoms with Crippen LogP contribution in [0.1, 0.15) is 31.4 Å². The lowest BCUT2D eigenvalue weighted by atomic mass is 9.99. The topological polar surface area (TPSA) is 182 Å². The second-order valence-corrected chi connectivity index (χ2v) is 11.1. The highest BCUT2D eigenvalue weighted by atomic mass is 32.1. The third-order valence-corrected chi connectivity index (χ3v) is 8.19. The molecule has 3 amide bonds. The normalized spacial score (nSPS) is 14.9. The smallest absolute Gasteiger partial charge is 0.326 e. The van der Waals surface area contributed by atoms with E-state index in [-0.39, 0.29) is 24.5 Å². The number of carbonyl (C=O) groups excluding carboxylic acids is 3. The number of H-pyrrole nitrogens is 2. The van der Waals surface area contributed by atoms with Crippen molar-refractivity contribution in [1.82, 2.24) is 25.9 Å². The van der Waals surface area contributed by atoms with Crippen molar-refractivity contribution in [3.63, 3.8) is 0 Å². The number of hydrogen-bond donors (Lipinski definition) is 8. The van der Waals surface area contributed by atoms with E-state index >= 15 is 0 Å². The van der Waals surface area contributed by atoms with Crippen molar-refractivity contribution in [3.8, 4) is 0 Å². The Hall–Kier alpha value is -4.29. The zero-order valence-electron chi connectivity index (χ0n) is 24.1. The molecular weight excluding hydrogens is 568 g/mol. The molecule has 2 aromatic heterocycles. The molecule has 0 aliphatic rings. The Morgan fingerprint density at radius 3 is 1.77 bits per heavy atom. The largest absolute Gasteiger partial charge is 0.480 e. The van der Waals surface area contributed by atoms with E-state index in [1.807, 2.05) is 62.4 Å². The molecule has 0 aliphatic heterocycles. The van der Waals surface area contributed by atoms with E-state index in [2.05, 4.69) is 38.5 Å². The van der Waals surface area contributed by atoms with Gasteiger partial charge in [-0.1, -0.05) is 56.7 Å². The number of aliphatic carboxylic acids is 1. The summed E-state index contributed by atoms with van der Waals surface area (Å²) in [6.45, 7) is 3.76. The first-order chi connectivity index (χ1) is 20.6. The molecule has 5 unspecified atom stereocenters. The second kappa shape index (κ2) is 14.3. The van der Waals surface area contributed by atoms with Crippen LogP contribution in [0, 0.1) is 5.92 Å². The quantitative estimate of drug-likeness (QED) is 0.102. The molecule has 0 bridgehead atoms. The fourth-order valence-corrected chi connectivity index (χ4v) is 5.23. The van der Waals surface area contributed by atoms with Gasteiger partial charge in [0, 0.05) is 52.8 Å². The minimum atomic E-state index is -1.26. The Morgan fingerprint density at radius 2 is 1.26 bits per heavy atom. The molecule has 0 spiro atoms. The van der Waals surface area contributed by atoms with E-state index in [0.717, 1.165) is 32.9 Å². The Morgan fingerprint density at radius 1 is 0.791 bits per heavy atom.